The fourth-order valence-electron chi connectivity index (χ4n) is 6.24. The molecule has 146 valence electrons. The van der Waals surface area contributed by atoms with E-state index in [2.05, 4.69) is 64.5 Å². The highest BCUT2D eigenvalue weighted by Crippen LogP contribution is 2.60. The molecule has 2 unspecified atom stereocenters. The van der Waals surface area contributed by atoms with Crippen molar-refractivity contribution in [1.29, 1.82) is 0 Å². The molecule has 29 heavy (non-hydrogen) atoms. The highest BCUT2D eigenvalue weighted by Gasteiger charge is 2.53. The molecular formula is C26H25ClN2. The second-order valence-corrected chi connectivity index (χ2v) is 9.43. The van der Waals surface area contributed by atoms with Gasteiger partial charge in [0.15, 0.2) is 0 Å². The third-order valence-corrected chi connectivity index (χ3v) is 7.78. The molecule has 0 radical (unpaired) electrons. The minimum Gasteiger partial charge on any atom is -0.302 e. The Morgan fingerprint density at radius 2 is 1.79 bits per heavy atom. The zero-order chi connectivity index (χ0) is 19.4. The molecule has 3 aliphatic rings. The number of halogens is 1. The predicted octanol–water partition coefficient (Wildman–Crippen LogP) is 5.75. The van der Waals surface area contributed by atoms with Gasteiger partial charge in [-0.25, -0.2) is 0 Å². The molecule has 2 bridgehead atoms. The number of benzene rings is 2. The quantitative estimate of drug-likeness (QED) is 0.556. The first-order valence-corrected chi connectivity index (χ1v) is 11.1. The predicted molar refractivity (Wildman–Crippen MR) is 118 cm³/mol. The van der Waals surface area contributed by atoms with Crippen molar-refractivity contribution in [2.75, 3.05) is 19.6 Å². The van der Waals surface area contributed by atoms with Gasteiger partial charge in [0, 0.05) is 35.3 Å². The summed E-state index contributed by atoms with van der Waals surface area (Å²) in [6, 6.07) is 20.0. The van der Waals surface area contributed by atoms with Crippen molar-refractivity contribution < 1.29 is 0 Å². The van der Waals surface area contributed by atoms with Gasteiger partial charge in [-0.1, -0.05) is 48.0 Å². The number of nitrogens with zero attached hydrogens (tertiary/aromatic N) is 2. The Morgan fingerprint density at radius 1 is 0.966 bits per heavy atom. The van der Waals surface area contributed by atoms with Crippen LogP contribution in [0.3, 0.4) is 0 Å². The second-order valence-electron chi connectivity index (χ2n) is 8.99. The van der Waals surface area contributed by atoms with E-state index in [0.29, 0.717) is 11.8 Å². The van der Waals surface area contributed by atoms with E-state index in [-0.39, 0.29) is 5.41 Å². The van der Waals surface area contributed by atoms with Crippen LogP contribution in [0, 0.1) is 0 Å². The highest BCUT2D eigenvalue weighted by molar-refractivity contribution is 6.30. The summed E-state index contributed by atoms with van der Waals surface area (Å²) in [7, 11) is 0. The molecule has 2 nitrogen and oxygen atoms in total. The molecule has 2 aliphatic carbocycles. The van der Waals surface area contributed by atoms with Crippen LogP contribution in [0.15, 0.2) is 67.0 Å². The first-order chi connectivity index (χ1) is 14.2. The first-order valence-electron chi connectivity index (χ1n) is 10.8. The molecule has 3 aromatic rings. The third kappa shape index (κ3) is 2.69. The maximum Gasteiger partial charge on any atom is 0.0409 e. The summed E-state index contributed by atoms with van der Waals surface area (Å²) in [5.41, 5.74) is 7.54. The van der Waals surface area contributed by atoms with Crippen LogP contribution in [0.25, 0.3) is 0 Å². The maximum absolute atomic E-state index is 6.46. The van der Waals surface area contributed by atoms with E-state index in [1.54, 1.807) is 0 Å². The topological polar surface area (TPSA) is 16.1 Å². The number of piperidine rings is 1. The number of pyridine rings is 1. The van der Waals surface area contributed by atoms with E-state index in [1.165, 1.54) is 47.1 Å². The Kier molecular flexibility index (Phi) is 4.07. The lowest BCUT2D eigenvalue weighted by Crippen LogP contribution is -2.43. The standard InChI is InChI=1S/C26H25ClN2/c27-20-7-8-22-23-15-26(25(22)14-20,24-6-2-1-5-21(23)24)17-29-12-9-18(10-13-29)19-4-3-11-28-16-19/h1-8,11,14,16,18,23H,9-10,12-13,15,17H2. The smallest absolute Gasteiger partial charge is 0.0409 e. The Labute approximate surface area is 177 Å². The zero-order valence-electron chi connectivity index (χ0n) is 16.5. The maximum atomic E-state index is 6.46. The number of hydrogen-bond donors (Lipinski definition) is 0. The lowest BCUT2D eigenvalue weighted by molar-refractivity contribution is 0.180. The molecule has 2 atom stereocenters. The Morgan fingerprint density at radius 3 is 2.62 bits per heavy atom. The van der Waals surface area contributed by atoms with Gasteiger partial charge in [0.1, 0.15) is 0 Å². The van der Waals surface area contributed by atoms with Gasteiger partial charge >= 0.3 is 0 Å². The molecule has 2 aromatic carbocycles. The minimum atomic E-state index is 0.0998. The average molecular weight is 401 g/mol. The van der Waals surface area contributed by atoms with Gasteiger partial charge in [-0.3, -0.25) is 4.98 Å². The molecule has 0 N–H and O–H groups in total. The molecule has 1 saturated heterocycles. The number of likely N-dealkylation sites (tertiary alicyclic amines) is 1. The Balaban J connectivity index is 1.30. The van der Waals surface area contributed by atoms with Gasteiger partial charge in [0.05, 0.1) is 0 Å². The van der Waals surface area contributed by atoms with Crippen LogP contribution in [-0.4, -0.2) is 29.5 Å². The summed E-state index contributed by atoms with van der Waals surface area (Å²) >= 11 is 6.46. The second kappa shape index (κ2) is 6.68. The molecular weight excluding hydrogens is 376 g/mol. The fourth-order valence-corrected chi connectivity index (χ4v) is 6.41. The van der Waals surface area contributed by atoms with Crippen LogP contribution < -0.4 is 0 Å². The molecule has 1 aromatic heterocycles. The van der Waals surface area contributed by atoms with Crippen molar-refractivity contribution >= 4 is 11.6 Å². The molecule has 0 amide bonds. The van der Waals surface area contributed by atoms with E-state index >= 15 is 0 Å². The minimum absolute atomic E-state index is 0.0998. The molecule has 0 spiro atoms. The van der Waals surface area contributed by atoms with Crippen molar-refractivity contribution in [3.8, 4) is 0 Å². The molecule has 0 saturated carbocycles. The monoisotopic (exact) mass is 400 g/mol. The van der Waals surface area contributed by atoms with Crippen molar-refractivity contribution in [3.63, 3.8) is 0 Å². The van der Waals surface area contributed by atoms with E-state index in [1.807, 2.05) is 12.4 Å². The van der Waals surface area contributed by atoms with E-state index in [0.717, 1.165) is 24.7 Å². The van der Waals surface area contributed by atoms with Gasteiger partial charge in [-0.2, -0.15) is 0 Å². The van der Waals surface area contributed by atoms with Gasteiger partial charge in [0.25, 0.3) is 0 Å². The van der Waals surface area contributed by atoms with E-state index in [4.69, 9.17) is 11.6 Å². The molecule has 1 aliphatic heterocycles. The van der Waals surface area contributed by atoms with Crippen LogP contribution in [0.2, 0.25) is 5.02 Å². The molecule has 2 heterocycles. The van der Waals surface area contributed by atoms with Crippen LogP contribution in [0.1, 0.15) is 58.9 Å². The van der Waals surface area contributed by atoms with Gasteiger partial charge in [0.2, 0.25) is 0 Å². The SMILES string of the molecule is Clc1ccc2c(c1)C1(CN3CCC(c4cccnc4)CC3)CC2c2ccccc21. The lowest BCUT2D eigenvalue weighted by atomic mass is 9.74. The van der Waals surface area contributed by atoms with Crippen molar-refractivity contribution in [2.24, 2.45) is 0 Å². The summed E-state index contributed by atoms with van der Waals surface area (Å²) in [6.45, 7) is 3.42. The van der Waals surface area contributed by atoms with Crippen LogP contribution >= 0.6 is 11.6 Å². The molecule has 6 rings (SSSR count). The summed E-state index contributed by atoms with van der Waals surface area (Å²) in [4.78, 5) is 7.02. The number of fused-ring (bicyclic) bond motifs is 8. The van der Waals surface area contributed by atoms with Crippen LogP contribution in [-0.2, 0) is 5.41 Å². The van der Waals surface area contributed by atoms with Crippen molar-refractivity contribution in [2.45, 2.75) is 36.5 Å². The molecule has 3 heteroatoms. The largest absolute Gasteiger partial charge is 0.302 e. The number of aromatic nitrogens is 1. The Bertz CT molecular complexity index is 1060. The zero-order valence-corrected chi connectivity index (χ0v) is 17.3. The Hall–Kier alpha value is -2.16. The van der Waals surface area contributed by atoms with Gasteiger partial charge in [-0.05, 0) is 84.3 Å². The summed E-state index contributed by atoms with van der Waals surface area (Å²) in [6.07, 6.45) is 7.55. The summed E-state index contributed by atoms with van der Waals surface area (Å²) in [5.74, 6) is 1.18. The van der Waals surface area contributed by atoms with E-state index in [9.17, 15) is 0 Å². The van der Waals surface area contributed by atoms with Crippen molar-refractivity contribution in [3.05, 3.63) is 99.8 Å². The molecule has 1 fully saturated rings. The lowest BCUT2D eigenvalue weighted by Gasteiger charge is -2.40. The third-order valence-electron chi connectivity index (χ3n) is 7.55. The van der Waals surface area contributed by atoms with Crippen LogP contribution in [0.5, 0.6) is 0 Å². The normalized spacial score (nSPS) is 25.8. The van der Waals surface area contributed by atoms with Gasteiger partial charge < -0.3 is 4.90 Å². The van der Waals surface area contributed by atoms with Crippen molar-refractivity contribution in [1.82, 2.24) is 9.88 Å². The first kappa shape index (κ1) is 17.7. The number of rotatable bonds is 3. The number of hydrogen-bond acceptors (Lipinski definition) is 2. The average Bonchev–Trinajstić information content (AvgIpc) is 3.26. The fraction of sp³-hybridized carbons (Fsp3) is 0.346. The van der Waals surface area contributed by atoms with Crippen LogP contribution in [0.4, 0.5) is 0 Å². The van der Waals surface area contributed by atoms with E-state index < -0.39 is 0 Å². The summed E-state index contributed by atoms with van der Waals surface area (Å²) in [5, 5.41) is 0.864. The van der Waals surface area contributed by atoms with Gasteiger partial charge in [-0.15, -0.1) is 0 Å². The highest BCUT2D eigenvalue weighted by atomic mass is 35.5. The summed E-state index contributed by atoms with van der Waals surface area (Å²) < 4.78 is 0.